The lowest BCUT2D eigenvalue weighted by Crippen LogP contribution is -2.00. The summed E-state index contributed by atoms with van der Waals surface area (Å²) in [6, 6.07) is 5.66. The minimum atomic E-state index is -4.11. The highest BCUT2D eigenvalue weighted by atomic mass is 32.2. The van der Waals surface area contributed by atoms with E-state index in [1.807, 2.05) is 0 Å². The molecule has 0 aliphatic carbocycles. The van der Waals surface area contributed by atoms with E-state index < -0.39 is 10.1 Å². The summed E-state index contributed by atoms with van der Waals surface area (Å²) in [6.07, 6.45) is 5.03. The fourth-order valence-corrected chi connectivity index (χ4v) is 1.38. The Bertz CT molecular complexity index is 442. The molecule has 0 aliphatic heterocycles. The maximum absolute atomic E-state index is 10.7. The molecule has 4 nitrogen and oxygen atoms in total. The summed E-state index contributed by atoms with van der Waals surface area (Å²) < 4.78 is 30.0. The van der Waals surface area contributed by atoms with E-state index in [1.165, 1.54) is 24.3 Å². The number of terminal acetylenes is 1. The van der Waals surface area contributed by atoms with E-state index in [9.17, 15) is 8.42 Å². The van der Waals surface area contributed by atoms with Crippen LogP contribution in [0.5, 0.6) is 0 Å². The first kappa shape index (κ1) is 10.6. The van der Waals surface area contributed by atoms with Crippen molar-refractivity contribution < 1.29 is 13.0 Å². The molecule has 0 atom stereocenters. The Kier molecular flexibility index (Phi) is 3.12. The molecule has 0 bridgehead atoms. The number of rotatable bonds is 3. The van der Waals surface area contributed by atoms with Crippen LogP contribution in [-0.2, 0) is 10.1 Å². The highest BCUT2D eigenvalue weighted by molar-refractivity contribution is 7.85. The van der Waals surface area contributed by atoms with Gasteiger partial charge in [-0.25, -0.2) is 0 Å². The maximum Gasteiger partial charge on any atom is 0.294 e. The summed E-state index contributed by atoms with van der Waals surface area (Å²) in [7, 11) is -4.11. The minimum absolute atomic E-state index is 0.135. The molecule has 1 rings (SSSR count). The first-order chi connectivity index (χ1) is 6.54. The van der Waals surface area contributed by atoms with Crippen molar-refractivity contribution in [2.75, 3.05) is 11.9 Å². The Balaban J connectivity index is 2.86. The van der Waals surface area contributed by atoms with Gasteiger partial charge >= 0.3 is 0 Å². The van der Waals surface area contributed by atoms with Gasteiger partial charge in [0.05, 0.1) is 11.4 Å². The Morgan fingerprint density at radius 1 is 1.36 bits per heavy atom. The molecular weight excluding hydrogens is 202 g/mol. The molecule has 0 saturated carbocycles. The molecule has 0 heterocycles. The van der Waals surface area contributed by atoms with Crippen LogP contribution in [0.1, 0.15) is 0 Å². The largest absolute Gasteiger partial charge is 0.374 e. The zero-order valence-electron chi connectivity index (χ0n) is 7.27. The van der Waals surface area contributed by atoms with Crippen molar-refractivity contribution in [3.8, 4) is 12.3 Å². The van der Waals surface area contributed by atoms with Crippen molar-refractivity contribution >= 4 is 15.8 Å². The zero-order chi connectivity index (χ0) is 10.6. The number of hydrogen-bond acceptors (Lipinski definition) is 3. The monoisotopic (exact) mass is 211 g/mol. The van der Waals surface area contributed by atoms with Crippen LogP contribution in [0, 0.1) is 12.3 Å². The van der Waals surface area contributed by atoms with Crippen molar-refractivity contribution in [3.63, 3.8) is 0 Å². The van der Waals surface area contributed by atoms with Gasteiger partial charge in [-0.2, -0.15) is 8.42 Å². The third-order valence-electron chi connectivity index (χ3n) is 1.55. The van der Waals surface area contributed by atoms with Crippen molar-refractivity contribution in [1.29, 1.82) is 0 Å². The quantitative estimate of drug-likeness (QED) is 0.577. The van der Waals surface area contributed by atoms with Crippen molar-refractivity contribution in [2.24, 2.45) is 0 Å². The van der Waals surface area contributed by atoms with Crippen LogP contribution in [0.3, 0.4) is 0 Å². The number of hydrogen-bond donors (Lipinski definition) is 2. The fourth-order valence-electron chi connectivity index (χ4n) is 0.898. The van der Waals surface area contributed by atoms with Crippen LogP contribution in [-0.4, -0.2) is 19.5 Å². The van der Waals surface area contributed by atoms with Crippen LogP contribution in [0.25, 0.3) is 0 Å². The Labute approximate surface area is 82.7 Å². The van der Waals surface area contributed by atoms with Gasteiger partial charge in [0, 0.05) is 5.69 Å². The normalized spacial score (nSPS) is 10.6. The number of anilines is 1. The van der Waals surface area contributed by atoms with Gasteiger partial charge in [0.15, 0.2) is 0 Å². The van der Waals surface area contributed by atoms with E-state index in [1.54, 1.807) is 0 Å². The smallest absolute Gasteiger partial charge is 0.294 e. The summed E-state index contributed by atoms with van der Waals surface area (Å²) in [5, 5.41) is 2.86. The highest BCUT2D eigenvalue weighted by Crippen LogP contribution is 2.12. The van der Waals surface area contributed by atoms with Crippen LogP contribution in [0.4, 0.5) is 5.69 Å². The molecule has 0 spiro atoms. The van der Waals surface area contributed by atoms with E-state index in [4.69, 9.17) is 11.0 Å². The second-order valence-corrected chi connectivity index (χ2v) is 3.98. The van der Waals surface area contributed by atoms with Crippen molar-refractivity contribution in [3.05, 3.63) is 24.3 Å². The van der Waals surface area contributed by atoms with Gasteiger partial charge in [-0.05, 0) is 24.3 Å². The van der Waals surface area contributed by atoms with Gasteiger partial charge in [0.2, 0.25) is 0 Å². The summed E-state index contributed by atoms with van der Waals surface area (Å²) in [6.45, 7) is 0.366. The SMILES string of the molecule is C#CCNc1ccc(S(=O)(=O)O)cc1. The van der Waals surface area contributed by atoms with Crippen molar-refractivity contribution in [1.82, 2.24) is 0 Å². The molecule has 0 radical (unpaired) electrons. The van der Waals surface area contributed by atoms with Crippen LogP contribution >= 0.6 is 0 Å². The Hall–Kier alpha value is -1.51. The third-order valence-corrected chi connectivity index (χ3v) is 2.41. The Morgan fingerprint density at radius 3 is 2.36 bits per heavy atom. The lowest BCUT2D eigenvalue weighted by atomic mass is 10.3. The standard InChI is InChI=1S/C9H9NO3S/c1-2-7-10-8-3-5-9(6-4-8)14(11,12)13/h1,3-6,10H,7H2,(H,11,12,13). The first-order valence-electron chi connectivity index (χ1n) is 3.79. The first-order valence-corrected chi connectivity index (χ1v) is 5.23. The van der Waals surface area contributed by atoms with E-state index in [0.29, 0.717) is 12.2 Å². The average Bonchev–Trinajstić information content (AvgIpc) is 2.14. The number of nitrogens with one attached hydrogen (secondary N) is 1. The van der Waals surface area contributed by atoms with Crippen LogP contribution in [0.2, 0.25) is 0 Å². The Morgan fingerprint density at radius 2 is 1.93 bits per heavy atom. The highest BCUT2D eigenvalue weighted by Gasteiger charge is 2.07. The van der Waals surface area contributed by atoms with Gasteiger partial charge < -0.3 is 5.32 Å². The van der Waals surface area contributed by atoms with Gasteiger partial charge in [0.25, 0.3) is 10.1 Å². The van der Waals surface area contributed by atoms with E-state index >= 15 is 0 Å². The summed E-state index contributed by atoms with van der Waals surface area (Å²) in [5.74, 6) is 2.38. The van der Waals surface area contributed by atoms with E-state index in [-0.39, 0.29) is 4.90 Å². The molecule has 0 saturated heterocycles. The zero-order valence-corrected chi connectivity index (χ0v) is 8.08. The number of benzene rings is 1. The molecule has 14 heavy (non-hydrogen) atoms. The minimum Gasteiger partial charge on any atom is -0.374 e. The second kappa shape index (κ2) is 4.13. The van der Waals surface area contributed by atoms with Gasteiger partial charge in [-0.1, -0.05) is 5.92 Å². The molecular formula is C9H9NO3S. The molecule has 0 unspecified atom stereocenters. The molecule has 2 N–H and O–H groups in total. The lowest BCUT2D eigenvalue weighted by molar-refractivity contribution is 0.483. The van der Waals surface area contributed by atoms with E-state index in [2.05, 4.69) is 11.2 Å². The molecule has 74 valence electrons. The van der Waals surface area contributed by atoms with Gasteiger partial charge in [-0.3, -0.25) is 4.55 Å². The molecule has 0 aromatic heterocycles. The second-order valence-electron chi connectivity index (χ2n) is 2.56. The van der Waals surface area contributed by atoms with Crippen LogP contribution in [0.15, 0.2) is 29.2 Å². The predicted molar refractivity (Wildman–Crippen MR) is 53.6 cm³/mol. The summed E-state index contributed by atoms with van der Waals surface area (Å²) in [4.78, 5) is -0.135. The lowest BCUT2D eigenvalue weighted by Gasteiger charge is -2.02. The summed E-state index contributed by atoms with van der Waals surface area (Å²) >= 11 is 0. The maximum atomic E-state index is 10.7. The molecule has 1 aromatic rings. The molecule has 1 aromatic carbocycles. The topological polar surface area (TPSA) is 66.4 Å². The van der Waals surface area contributed by atoms with Crippen LogP contribution < -0.4 is 5.32 Å². The predicted octanol–water partition coefficient (Wildman–Crippen LogP) is 0.978. The fraction of sp³-hybridized carbons (Fsp3) is 0.111. The van der Waals surface area contributed by atoms with Crippen molar-refractivity contribution in [2.45, 2.75) is 4.90 Å². The molecule has 0 fully saturated rings. The molecule has 0 aliphatic rings. The van der Waals surface area contributed by atoms with E-state index in [0.717, 1.165) is 0 Å². The third kappa shape index (κ3) is 2.76. The molecule has 0 amide bonds. The average molecular weight is 211 g/mol. The van der Waals surface area contributed by atoms with Gasteiger partial charge in [-0.15, -0.1) is 6.42 Å². The van der Waals surface area contributed by atoms with Gasteiger partial charge in [0.1, 0.15) is 0 Å². The molecule has 5 heteroatoms. The summed E-state index contributed by atoms with van der Waals surface area (Å²) in [5.41, 5.74) is 0.704.